The van der Waals surface area contributed by atoms with E-state index in [-0.39, 0.29) is 34.4 Å². The molecular weight excluding hydrogens is 418 g/mol. The minimum Gasteiger partial charge on any atom is -0.337 e. The lowest BCUT2D eigenvalue weighted by atomic mass is 10.1. The van der Waals surface area contributed by atoms with E-state index in [2.05, 4.69) is 9.97 Å². The molecule has 0 spiro atoms. The molecular formula is C18H18ClN5O4S. The number of benzene rings is 1. The molecule has 2 aromatic rings. The highest BCUT2D eigenvalue weighted by Crippen LogP contribution is 2.33. The lowest BCUT2D eigenvalue weighted by Gasteiger charge is -2.34. The zero-order valence-corrected chi connectivity index (χ0v) is 16.9. The first-order valence-electron chi connectivity index (χ1n) is 9.03. The van der Waals surface area contributed by atoms with Gasteiger partial charge in [-0.2, -0.15) is 0 Å². The van der Waals surface area contributed by atoms with Crippen LogP contribution < -0.4 is 9.21 Å². The molecule has 1 aromatic carbocycles. The molecule has 0 saturated carbocycles. The van der Waals surface area contributed by atoms with Gasteiger partial charge in [0.15, 0.2) is 0 Å². The number of halogens is 1. The number of hydrogen-bond acceptors (Lipinski definition) is 7. The van der Waals surface area contributed by atoms with E-state index in [1.54, 1.807) is 23.4 Å². The standard InChI is InChI=1S/C18H18ClN5O4S/c19-14-3-2-13(12-15(14)24-16(25)4-11-29(24,27)28)17(26)22-7-9-23(10-8-22)18-20-5-1-6-21-18/h1-3,5-6,12H,4,7-11H2. The fourth-order valence-corrected chi connectivity index (χ4v) is 5.12. The fourth-order valence-electron chi connectivity index (χ4n) is 3.40. The third kappa shape index (κ3) is 3.77. The van der Waals surface area contributed by atoms with E-state index >= 15 is 0 Å². The molecule has 2 amide bonds. The van der Waals surface area contributed by atoms with Crippen molar-refractivity contribution in [2.45, 2.75) is 6.42 Å². The van der Waals surface area contributed by atoms with Crippen molar-refractivity contribution < 1.29 is 18.0 Å². The molecule has 0 radical (unpaired) electrons. The van der Waals surface area contributed by atoms with Crippen LogP contribution in [0.3, 0.4) is 0 Å². The number of piperazine rings is 1. The molecule has 0 N–H and O–H groups in total. The number of carbonyl (C=O) groups is 2. The highest BCUT2D eigenvalue weighted by atomic mass is 35.5. The van der Waals surface area contributed by atoms with E-state index in [1.165, 1.54) is 18.2 Å². The maximum atomic E-state index is 12.9. The van der Waals surface area contributed by atoms with Gasteiger partial charge in [-0.25, -0.2) is 22.7 Å². The summed E-state index contributed by atoms with van der Waals surface area (Å²) in [6.45, 7) is 2.09. The van der Waals surface area contributed by atoms with E-state index in [4.69, 9.17) is 11.6 Å². The third-order valence-corrected chi connectivity index (χ3v) is 6.89. The molecule has 3 heterocycles. The maximum absolute atomic E-state index is 12.9. The number of carbonyl (C=O) groups excluding carboxylic acids is 2. The molecule has 11 heteroatoms. The van der Waals surface area contributed by atoms with Crippen LogP contribution in [0.15, 0.2) is 36.7 Å². The van der Waals surface area contributed by atoms with Gasteiger partial charge >= 0.3 is 0 Å². The van der Waals surface area contributed by atoms with Crippen LogP contribution in [0.25, 0.3) is 0 Å². The Labute approximate surface area is 173 Å². The van der Waals surface area contributed by atoms with Crippen LogP contribution in [-0.2, 0) is 14.8 Å². The van der Waals surface area contributed by atoms with Crippen LogP contribution in [0.5, 0.6) is 0 Å². The van der Waals surface area contributed by atoms with E-state index in [9.17, 15) is 18.0 Å². The van der Waals surface area contributed by atoms with Crippen LogP contribution in [0.4, 0.5) is 11.6 Å². The van der Waals surface area contributed by atoms with Gasteiger partial charge in [0.1, 0.15) is 0 Å². The van der Waals surface area contributed by atoms with Gasteiger partial charge in [0.2, 0.25) is 21.9 Å². The predicted octanol–water partition coefficient (Wildman–Crippen LogP) is 1.16. The van der Waals surface area contributed by atoms with Gasteiger partial charge in [-0.3, -0.25) is 9.59 Å². The average molecular weight is 436 g/mol. The summed E-state index contributed by atoms with van der Waals surface area (Å²) in [4.78, 5) is 37.1. The van der Waals surface area contributed by atoms with Crippen LogP contribution in [-0.4, -0.2) is 67.0 Å². The number of hydrogen-bond donors (Lipinski definition) is 0. The fraction of sp³-hybridized carbons (Fsp3) is 0.333. The lowest BCUT2D eigenvalue weighted by Crippen LogP contribution is -2.49. The van der Waals surface area contributed by atoms with Crippen molar-refractivity contribution in [2.75, 3.05) is 41.1 Å². The van der Waals surface area contributed by atoms with Crippen molar-refractivity contribution in [1.29, 1.82) is 0 Å². The van der Waals surface area contributed by atoms with Gasteiger partial charge in [0, 0.05) is 50.6 Å². The van der Waals surface area contributed by atoms with Gasteiger partial charge in [-0.15, -0.1) is 0 Å². The second kappa shape index (κ2) is 7.60. The monoisotopic (exact) mass is 435 g/mol. The van der Waals surface area contributed by atoms with Gasteiger partial charge in [-0.05, 0) is 24.3 Å². The van der Waals surface area contributed by atoms with Crippen molar-refractivity contribution in [2.24, 2.45) is 0 Å². The molecule has 152 valence electrons. The Hall–Kier alpha value is -2.72. The van der Waals surface area contributed by atoms with Gasteiger partial charge < -0.3 is 9.80 Å². The Bertz CT molecular complexity index is 1060. The normalized spacial score (nSPS) is 18.9. The summed E-state index contributed by atoms with van der Waals surface area (Å²) in [5.74, 6) is -0.441. The zero-order valence-electron chi connectivity index (χ0n) is 15.4. The highest BCUT2D eigenvalue weighted by Gasteiger charge is 2.38. The van der Waals surface area contributed by atoms with Crippen LogP contribution >= 0.6 is 11.6 Å². The Kier molecular flexibility index (Phi) is 5.13. The Morgan fingerprint density at radius 3 is 2.38 bits per heavy atom. The van der Waals surface area contributed by atoms with E-state index in [0.29, 0.717) is 36.4 Å². The molecule has 0 aliphatic carbocycles. The third-order valence-electron chi connectivity index (χ3n) is 4.89. The molecule has 2 saturated heterocycles. The molecule has 2 aliphatic heterocycles. The molecule has 0 unspecified atom stereocenters. The summed E-state index contributed by atoms with van der Waals surface area (Å²) in [5, 5.41) is 0.103. The first-order chi connectivity index (χ1) is 13.9. The summed E-state index contributed by atoms with van der Waals surface area (Å²) >= 11 is 6.14. The zero-order chi connectivity index (χ0) is 20.6. The Balaban J connectivity index is 1.52. The van der Waals surface area contributed by atoms with Crippen LogP contribution in [0.1, 0.15) is 16.8 Å². The summed E-state index contributed by atoms with van der Waals surface area (Å²) in [5.41, 5.74) is 0.306. The SMILES string of the molecule is O=C(c1ccc(Cl)c(N2C(=O)CCS2(=O)=O)c1)N1CCN(c2ncccn2)CC1. The first-order valence-corrected chi connectivity index (χ1v) is 11.0. The van der Waals surface area contributed by atoms with E-state index in [0.717, 1.165) is 0 Å². The minimum atomic E-state index is -3.76. The number of nitrogens with zero attached hydrogens (tertiary/aromatic N) is 5. The maximum Gasteiger partial charge on any atom is 0.254 e. The van der Waals surface area contributed by atoms with Gasteiger partial charge in [-0.1, -0.05) is 11.6 Å². The van der Waals surface area contributed by atoms with Crippen molar-refractivity contribution in [3.05, 3.63) is 47.2 Å². The average Bonchev–Trinajstić information content (AvgIpc) is 3.01. The smallest absolute Gasteiger partial charge is 0.254 e. The van der Waals surface area contributed by atoms with E-state index in [1.807, 2.05) is 4.90 Å². The Morgan fingerprint density at radius 2 is 1.76 bits per heavy atom. The number of sulfonamides is 1. The molecule has 0 bridgehead atoms. The van der Waals surface area contributed by atoms with Crippen molar-refractivity contribution in [1.82, 2.24) is 14.9 Å². The number of aromatic nitrogens is 2. The second-order valence-electron chi connectivity index (χ2n) is 6.72. The molecule has 2 aliphatic rings. The van der Waals surface area contributed by atoms with E-state index < -0.39 is 15.9 Å². The number of rotatable bonds is 3. The molecule has 2 fully saturated rings. The second-order valence-corrected chi connectivity index (χ2v) is 9.06. The molecule has 4 rings (SSSR count). The molecule has 0 atom stereocenters. The summed E-state index contributed by atoms with van der Waals surface area (Å²) in [6, 6.07) is 6.10. The highest BCUT2D eigenvalue weighted by molar-refractivity contribution is 7.94. The van der Waals surface area contributed by atoms with Crippen LogP contribution in [0, 0.1) is 0 Å². The predicted molar refractivity (Wildman–Crippen MR) is 107 cm³/mol. The van der Waals surface area contributed by atoms with Crippen molar-refractivity contribution in [3.63, 3.8) is 0 Å². The first kappa shape index (κ1) is 19.6. The summed E-state index contributed by atoms with van der Waals surface area (Å²) < 4.78 is 25.1. The summed E-state index contributed by atoms with van der Waals surface area (Å²) in [6.07, 6.45) is 3.24. The lowest BCUT2D eigenvalue weighted by molar-refractivity contribution is -0.116. The largest absolute Gasteiger partial charge is 0.337 e. The van der Waals surface area contributed by atoms with Crippen molar-refractivity contribution in [3.8, 4) is 0 Å². The van der Waals surface area contributed by atoms with Gasteiger partial charge in [0.25, 0.3) is 5.91 Å². The Morgan fingerprint density at radius 1 is 1.07 bits per heavy atom. The minimum absolute atomic E-state index is 0.0244. The molecule has 9 nitrogen and oxygen atoms in total. The molecule has 1 aromatic heterocycles. The number of amides is 2. The van der Waals surface area contributed by atoms with Crippen molar-refractivity contribution >= 4 is 45.1 Å². The number of anilines is 2. The topological polar surface area (TPSA) is 104 Å². The van der Waals surface area contributed by atoms with Crippen LogP contribution in [0.2, 0.25) is 5.02 Å². The summed E-state index contributed by atoms with van der Waals surface area (Å²) in [7, 11) is -3.76. The van der Waals surface area contributed by atoms with Gasteiger partial charge in [0.05, 0.1) is 16.5 Å². The molecule has 29 heavy (non-hydrogen) atoms. The quantitative estimate of drug-likeness (QED) is 0.712.